The summed E-state index contributed by atoms with van der Waals surface area (Å²) in [5.41, 5.74) is 3.40. The average Bonchev–Trinajstić information content (AvgIpc) is 2.87. The predicted octanol–water partition coefficient (Wildman–Crippen LogP) is 1.73. The summed E-state index contributed by atoms with van der Waals surface area (Å²) in [4.78, 5) is 0. The fourth-order valence-corrected chi connectivity index (χ4v) is 2.27. The summed E-state index contributed by atoms with van der Waals surface area (Å²) in [6.07, 6.45) is 2.75. The molecule has 0 aliphatic heterocycles. The summed E-state index contributed by atoms with van der Waals surface area (Å²) in [7, 11) is 1.97. The molecule has 0 saturated carbocycles. The Hall–Kier alpha value is -1.62. The molecular formula is C13H21N5. The van der Waals surface area contributed by atoms with Crippen molar-refractivity contribution in [3.05, 3.63) is 35.4 Å². The van der Waals surface area contributed by atoms with Crippen molar-refractivity contribution in [1.82, 2.24) is 25.3 Å². The maximum absolute atomic E-state index is 4.26. The highest BCUT2D eigenvalue weighted by atomic mass is 15.3. The van der Waals surface area contributed by atoms with E-state index < -0.39 is 0 Å². The molecule has 0 aromatic carbocycles. The first kappa shape index (κ1) is 12.8. The van der Waals surface area contributed by atoms with Crippen molar-refractivity contribution in [3.63, 3.8) is 0 Å². The molecule has 0 spiro atoms. The molecule has 0 bridgehead atoms. The van der Waals surface area contributed by atoms with Gasteiger partial charge in [-0.1, -0.05) is 0 Å². The van der Waals surface area contributed by atoms with Gasteiger partial charge < -0.3 is 5.32 Å². The zero-order chi connectivity index (χ0) is 13.1. The van der Waals surface area contributed by atoms with Gasteiger partial charge >= 0.3 is 0 Å². The van der Waals surface area contributed by atoms with E-state index in [-0.39, 0.29) is 6.04 Å². The normalized spacial score (nSPS) is 14.7. The number of nitrogens with zero attached hydrogens (tertiary/aromatic N) is 3. The van der Waals surface area contributed by atoms with Crippen LogP contribution in [0.3, 0.4) is 0 Å². The molecule has 18 heavy (non-hydrogen) atoms. The van der Waals surface area contributed by atoms with Crippen LogP contribution in [0.2, 0.25) is 0 Å². The summed E-state index contributed by atoms with van der Waals surface area (Å²) in [5, 5.41) is 15.0. The third kappa shape index (κ3) is 2.98. The number of aromatic nitrogens is 4. The van der Waals surface area contributed by atoms with Crippen LogP contribution in [0.25, 0.3) is 0 Å². The number of aryl methyl sites for hydroxylation is 2. The Labute approximate surface area is 108 Å². The Balaban J connectivity index is 1.91. The van der Waals surface area contributed by atoms with E-state index in [2.05, 4.69) is 40.5 Å². The minimum Gasteiger partial charge on any atom is -0.306 e. The highest BCUT2D eigenvalue weighted by Crippen LogP contribution is 2.12. The van der Waals surface area contributed by atoms with Crippen molar-refractivity contribution in [2.24, 2.45) is 7.05 Å². The van der Waals surface area contributed by atoms with Crippen LogP contribution in [0.4, 0.5) is 0 Å². The average molecular weight is 247 g/mol. The van der Waals surface area contributed by atoms with Crippen LogP contribution in [0.15, 0.2) is 18.3 Å². The van der Waals surface area contributed by atoms with Gasteiger partial charge in [-0.15, -0.1) is 0 Å². The highest BCUT2D eigenvalue weighted by molar-refractivity contribution is 5.09. The van der Waals surface area contributed by atoms with E-state index in [9.17, 15) is 0 Å². The zero-order valence-corrected chi connectivity index (χ0v) is 11.4. The second-order valence-corrected chi connectivity index (χ2v) is 4.92. The molecule has 0 radical (unpaired) electrons. The van der Waals surface area contributed by atoms with Gasteiger partial charge in [-0.25, -0.2) is 0 Å². The summed E-state index contributed by atoms with van der Waals surface area (Å²) < 4.78 is 1.91. The van der Waals surface area contributed by atoms with E-state index in [0.29, 0.717) is 6.04 Å². The van der Waals surface area contributed by atoms with Crippen molar-refractivity contribution < 1.29 is 0 Å². The summed E-state index contributed by atoms with van der Waals surface area (Å²) in [6, 6.07) is 4.79. The van der Waals surface area contributed by atoms with Gasteiger partial charge in [0.05, 0.1) is 11.4 Å². The number of hydrogen-bond acceptors (Lipinski definition) is 3. The predicted molar refractivity (Wildman–Crippen MR) is 71.2 cm³/mol. The maximum atomic E-state index is 4.26. The molecule has 0 aliphatic carbocycles. The van der Waals surface area contributed by atoms with Crippen LogP contribution in [0.5, 0.6) is 0 Å². The molecule has 2 atom stereocenters. The Morgan fingerprint density at radius 1 is 1.44 bits per heavy atom. The third-order valence-electron chi connectivity index (χ3n) is 3.11. The molecule has 2 aromatic rings. The Kier molecular flexibility index (Phi) is 3.81. The van der Waals surface area contributed by atoms with Crippen LogP contribution in [0, 0.1) is 6.92 Å². The molecule has 0 aliphatic rings. The van der Waals surface area contributed by atoms with Gasteiger partial charge in [0.2, 0.25) is 0 Å². The highest BCUT2D eigenvalue weighted by Gasteiger charge is 2.13. The number of rotatable bonds is 5. The fraction of sp³-hybridized carbons (Fsp3) is 0.538. The van der Waals surface area contributed by atoms with Gasteiger partial charge in [0.15, 0.2) is 0 Å². The van der Waals surface area contributed by atoms with Crippen molar-refractivity contribution in [2.45, 2.75) is 39.3 Å². The standard InChI is InChI=1S/C13H21N5/c1-9(7-12-8-10(2)16-17-12)15-11(3)13-5-6-14-18(13)4/h5-6,8-9,11,15H,7H2,1-4H3,(H,16,17). The van der Waals surface area contributed by atoms with E-state index in [4.69, 9.17) is 0 Å². The molecule has 2 aromatic heterocycles. The first-order valence-electron chi connectivity index (χ1n) is 6.31. The lowest BCUT2D eigenvalue weighted by Gasteiger charge is -2.19. The second kappa shape index (κ2) is 5.35. The minimum atomic E-state index is 0.285. The molecule has 2 N–H and O–H groups in total. The molecule has 0 fully saturated rings. The van der Waals surface area contributed by atoms with Crippen molar-refractivity contribution >= 4 is 0 Å². The first-order chi connectivity index (χ1) is 8.56. The van der Waals surface area contributed by atoms with Crippen LogP contribution in [-0.2, 0) is 13.5 Å². The van der Waals surface area contributed by atoms with Crippen molar-refractivity contribution in [3.8, 4) is 0 Å². The molecule has 5 heteroatoms. The topological polar surface area (TPSA) is 58.5 Å². The number of H-pyrrole nitrogens is 1. The Morgan fingerprint density at radius 3 is 2.78 bits per heavy atom. The minimum absolute atomic E-state index is 0.285. The van der Waals surface area contributed by atoms with Crippen LogP contribution < -0.4 is 5.32 Å². The molecule has 98 valence electrons. The van der Waals surface area contributed by atoms with E-state index >= 15 is 0 Å². The molecule has 2 rings (SSSR count). The quantitative estimate of drug-likeness (QED) is 0.846. The van der Waals surface area contributed by atoms with Gasteiger partial charge in [-0.3, -0.25) is 9.78 Å². The molecule has 2 heterocycles. The monoisotopic (exact) mass is 247 g/mol. The Bertz CT molecular complexity index is 499. The van der Waals surface area contributed by atoms with Crippen molar-refractivity contribution in [1.29, 1.82) is 0 Å². The third-order valence-corrected chi connectivity index (χ3v) is 3.11. The number of nitrogens with one attached hydrogen (secondary N) is 2. The van der Waals surface area contributed by atoms with E-state index in [1.807, 2.05) is 30.9 Å². The van der Waals surface area contributed by atoms with E-state index in [1.54, 1.807) is 0 Å². The first-order valence-corrected chi connectivity index (χ1v) is 6.31. The van der Waals surface area contributed by atoms with E-state index in [0.717, 1.165) is 17.8 Å². The molecule has 0 saturated heterocycles. The van der Waals surface area contributed by atoms with Crippen LogP contribution in [0.1, 0.15) is 37.0 Å². The van der Waals surface area contributed by atoms with Gasteiger partial charge in [0.1, 0.15) is 0 Å². The van der Waals surface area contributed by atoms with E-state index in [1.165, 1.54) is 5.69 Å². The number of hydrogen-bond donors (Lipinski definition) is 2. The van der Waals surface area contributed by atoms with Gasteiger partial charge in [0.25, 0.3) is 0 Å². The lowest BCUT2D eigenvalue weighted by Crippen LogP contribution is -2.31. The van der Waals surface area contributed by atoms with Gasteiger partial charge in [-0.05, 0) is 32.9 Å². The summed E-state index contributed by atoms with van der Waals surface area (Å²) >= 11 is 0. The Morgan fingerprint density at radius 2 is 2.22 bits per heavy atom. The fourth-order valence-electron chi connectivity index (χ4n) is 2.27. The molecule has 2 unspecified atom stereocenters. The lowest BCUT2D eigenvalue weighted by atomic mass is 10.1. The zero-order valence-electron chi connectivity index (χ0n) is 11.4. The summed E-state index contributed by atoms with van der Waals surface area (Å²) in [5.74, 6) is 0. The molecule has 5 nitrogen and oxygen atoms in total. The molecule has 0 amide bonds. The molecular weight excluding hydrogens is 226 g/mol. The lowest BCUT2D eigenvalue weighted by molar-refractivity contribution is 0.453. The number of aromatic amines is 1. The van der Waals surface area contributed by atoms with Gasteiger partial charge in [0, 0.05) is 37.4 Å². The van der Waals surface area contributed by atoms with Crippen LogP contribution in [-0.4, -0.2) is 26.0 Å². The smallest absolute Gasteiger partial charge is 0.0640 e. The second-order valence-electron chi connectivity index (χ2n) is 4.92. The largest absolute Gasteiger partial charge is 0.306 e. The summed E-state index contributed by atoms with van der Waals surface area (Å²) in [6.45, 7) is 6.35. The van der Waals surface area contributed by atoms with Crippen LogP contribution >= 0.6 is 0 Å². The SMILES string of the molecule is Cc1cc(CC(C)NC(C)c2ccnn2C)n[nH]1. The maximum Gasteiger partial charge on any atom is 0.0640 e. The van der Waals surface area contributed by atoms with Crippen molar-refractivity contribution in [2.75, 3.05) is 0 Å². The van der Waals surface area contributed by atoms with Gasteiger partial charge in [-0.2, -0.15) is 10.2 Å².